The second kappa shape index (κ2) is 6.84. The maximum atomic E-state index is 13.4. The van der Waals surface area contributed by atoms with Crippen LogP contribution in [-0.4, -0.2) is 46.9 Å². The van der Waals surface area contributed by atoms with Gasteiger partial charge in [-0.05, 0) is 36.6 Å². The maximum Gasteiger partial charge on any atom is 0.230 e. The second-order valence-electron chi connectivity index (χ2n) is 8.84. The van der Waals surface area contributed by atoms with Crippen molar-refractivity contribution in [1.82, 2.24) is 9.80 Å². The first-order valence-electron chi connectivity index (χ1n) is 10.4. The van der Waals surface area contributed by atoms with Gasteiger partial charge in [-0.15, -0.1) is 0 Å². The summed E-state index contributed by atoms with van der Waals surface area (Å²) in [5.41, 5.74) is 3.79. The highest BCUT2D eigenvalue weighted by Gasteiger charge is 2.67. The molecule has 1 aromatic heterocycles. The Morgan fingerprint density at radius 1 is 1.23 bits per heavy atom. The van der Waals surface area contributed by atoms with Gasteiger partial charge in [0.25, 0.3) is 0 Å². The van der Waals surface area contributed by atoms with Crippen molar-refractivity contribution in [2.45, 2.75) is 38.6 Å². The third-order valence-electron chi connectivity index (χ3n) is 6.78. The summed E-state index contributed by atoms with van der Waals surface area (Å²) in [6.07, 6.45) is 6.85. The van der Waals surface area contributed by atoms with Gasteiger partial charge in [0.15, 0.2) is 0 Å². The number of hydrogen-bond donors (Lipinski definition) is 0. The Morgan fingerprint density at radius 2 is 2.07 bits per heavy atom. The van der Waals surface area contributed by atoms with Crippen LogP contribution in [0, 0.1) is 25.7 Å². The molecule has 6 heteroatoms. The molecule has 2 aromatic rings. The Morgan fingerprint density at radius 3 is 2.80 bits per heavy atom. The van der Waals surface area contributed by atoms with Crippen LogP contribution >= 0.6 is 0 Å². The number of hydrogen-bond acceptors (Lipinski definition) is 4. The van der Waals surface area contributed by atoms with E-state index in [9.17, 15) is 9.59 Å². The smallest absolute Gasteiger partial charge is 0.230 e. The first-order chi connectivity index (χ1) is 14.4. The zero-order valence-corrected chi connectivity index (χ0v) is 17.5. The lowest BCUT2D eigenvalue weighted by Gasteiger charge is -2.27. The quantitative estimate of drug-likeness (QED) is 0.717. The number of furan rings is 1. The molecule has 0 N–H and O–H groups in total. The molecule has 2 amide bonds. The second-order valence-corrected chi connectivity index (χ2v) is 8.84. The van der Waals surface area contributed by atoms with Gasteiger partial charge in [0.2, 0.25) is 11.8 Å². The third-order valence-corrected chi connectivity index (χ3v) is 6.78. The zero-order chi connectivity index (χ0) is 21.0. The summed E-state index contributed by atoms with van der Waals surface area (Å²) < 4.78 is 11.4. The number of benzene rings is 1. The van der Waals surface area contributed by atoms with Crippen LogP contribution in [0.5, 0.6) is 0 Å². The summed E-state index contributed by atoms with van der Waals surface area (Å²) in [4.78, 5) is 30.2. The molecule has 0 saturated carbocycles. The summed E-state index contributed by atoms with van der Waals surface area (Å²) >= 11 is 0. The Balaban J connectivity index is 1.36. The molecule has 3 aliphatic rings. The van der Waals surface area contributed by atoms with Crippen LogP contribution in [0.25, 0.3) is 0 Å². The highest BCUT2D eigenvalue weighted by atomic mass is 16.5. The van der Waals surface area contributed by atoms with Crippen LogP contribution in [-0.2, 0) is 27.4 Å². The van der Waals surface area contributed by atoms with Gasteiger partial charge < -0.3 is 19.0 Å². The summed E-state index contributed by atoms with van der Waals surface area (Å²) in [6, 6.07) is 8.12. The molecule has 0 aliphatic carbocycles. The van der Waals surface area contributed by atoms with Crippen molar-refractivity contribution in [2.24, 2.45) is 11.8 Å². The van der Waals surface area contributed by atoms with Gasteiger partial charge in [0.1, 0.15) is 5.60 Å². The van der Waals surface area contributed by atoms with E-state index in [0.717, 1.165) is 11.1 Å². The van der Waals surface area contributed by atoms with Crippen LogP contribution < -0.4 is 0 Å². The average Bonchev–Trinajstić information content (AvgIpc) is 3.47. The van der Waals surface area contributed by atoms with Crippen molar-refractivity contribution in [3.05, 3.63) is 71.2 Å². The lowest BCUT2D eigenvalue weighted by atomic mass is 9.76. The van der Waals surface area contributed by atoms with Crippen LogP contribution in [0.2, 0.25) is 0 Å². The number of likely N-dealkylation sites (tertiary alicyclic amines) is 1. The highest BCUT2D eigenvalue weighted by molar-refractivity contribution is 5.93. The molecule has 2 bridgehead atoms. The average molecular weight is 406 g/mol. The van der Waals surface area contributed by atoms with E-state index in [4.69, 9.17) is 9.15 Å². The Bertz CT molecular complexity index is 1030. The fourth-order valence-electron chi connectivity index (χ4n) is 5.11. The number of ether oxygens (including phenoxy) is 1. The minimum atomic E-state index is -0.682. The molecule has 1 spiro atoms. The molecule has 2 fully saturated rings. The van der Waals surface area contributed by atoms with E-state index >= 15 is 0 Å². The highest BCUT2D eigenvalue weighted by Crippen LogP contribution is 2.52. The Kier molecular flexibility index (Phi) is 4.36. The zero-order valence-electron chi connectivity index (χ0n) is 17.5. The summed E-state index contributed by atoms with van der Waals surface area (Å²) in [7, 11) is 1.77. The third kappa shape index (κ3) is 2.89. The molecular weight excluding hydrogens is 380 g/mol. The number of aryl methyl sites for hydroxylation is 2. The summed E-state index contributed by atoms with van der Waals surface area (Å²) in [5.74, 6) is -0.989. The predicted octanol–water partition coefficient (Wildman–Crippen LogP) is 2.84. The van der Waals surface area contributed by atoms with E-state index in [2.05, 4.69) is 32.0 Å². The largest absolute Gasteiger partial charge is 0.472 e. The van der Waals surface area contributed by atoms with Crippen molar-refractivity contribution in [1.29, 1.82) is 0 Å². The van der Waals surface area contributed by atoms with Crippen molar-refractivity contribution >= 4 is 11.8 Å². The maximum absolute atomic E-state index is 13.4. The van der Waals surface area contributed by atoms with Gasteiger partial charge in [-0.25, -0.2) is 0 Å². The lowest BCUT2D eigenvalue weighted by molar-refractivity contribution is -0.142. The molecular formula is C24H26N2O4. The minimum absolute atomic E-state index is 0.00939. The van der Waals surface area contributed by atoms with Crippen LogP contribution in [0.4, 0.5) is 0 Å². The van der Waals surface area contributed by atoms with Crippen LogP contribution in [0.15, 0.2) is 53.4 Å². The van der Waals surface area contributed by atoms with Crippen molar-refractivity contribution < 1.29 is 18.7 Å². The van der Waals surface area contributed by atoms with Crippen molar-refractivity contribution in [2.75, 3.05) is 13.6 Å². The number of nitrogens with zero attached hydrogens (tertiary/aromatic N) is 2. The van der Waals surface area contributed by atoms with E-state index in [1.807, 2.05) is 23.1 Å². The number of fused-ring (bicyclic) bond motifs is 1. The predicted molar refractivity (Wildman–Crippen MR) is 110 cm³/mol. The SMILES string of the molecule is Cc1ccc(CN2C[C@]34C=C[C@H](O3)C(C(=O)N(C)Cc3ccoc3)C4C2=O)cc1C. The first-order valence-corrected chi connectivity index (χ1v) is 10.4. The van der Waals surface area contributed by atoms with E-state index < -0.39 is 17.4 Å². The molecule has 30 heavy (non-hydrogen) atoms. The molecule has 4 heterocycles. The fraction of sp³-hybridized carbons (Fsp3) is 0.417. The number of rotatable bonds is 5. The van der Waals surface area contributed by atoms with E-state index in [1.54, 1.807) is 24.5 Å². The minimum Gasteiger partial charge on any atom is -0.472 e. The topological polar surface area (TPSA) is 63.0 Å². The van der Waals surface area contributed by atoms with Gasteiger partial charge >= 0.3 is 0 Å². The molecule has 156 valence electrons. The monoisotopic (exact) mass is 406 g/mol. The Labute approximate surface area is 176 Å². The van der Waals surface area contributed by atoms with Crippen molar-refractivity contribution in [3.63, 3.8) is 0 Å². The van der Waals surface area contributed by atoms with Gasteiger partial charge in [-0.3, -0.25) is 9.59 Å². The molecule has 2 saturated heterocycles. The summed E-state index contributed by atoms with van der Waals surface area (Å²) in [5, 5.41) is 0. The van der Waals surface area contributed by atoms with Crippen LogP contribution in [0.3, 0.4) is 0 Å². The molecule has 0 radical (unpaired) electrons. The van der Waals surface area contributed by atoms with Gasteiger partial charge in [-0.2, -0.15) is 0 Å². The summed E-state index contributed by atoms with van der Waals surface area (Å²) in [6.45, 7) is 5.63. The van der Waals surface area contributed by atoms with Gasteiger partial charge in [0.05, 0.1) is 37.0 Å². The normalized spacial score (nSPS) is 29.0. The molecule has 2 unspecified atom stereocenters. The molecule has 6 nitrogen and oxygen atoms in total. The van der Waals surface area contributed by atoms with Crippen molar-refractivity contribution in [3.8, 4) is 0 Å². The molecule has 5 rings (SSSR count). The molecule has 1 aromatic carbocycles. The lowest BCUT2D eigenvalue weighted by Crippen LogP contribution is -2.44. The van der Waals surface area contributed by atoms with Gasteiger partial charge in [0, 0.05) is 25.7 Å². The van der Waals surface area contributed by atoms with E-state index in [1.165, 1.54) is 11.1 Å². The fourth-order valence-corrected chi connectivity index (χ4v) is 5.11. The van der Waals surface area contributed by atoms with Crippen LogP contribution in [0.1, 0.15) is 22.3 Å². The first kappa shape index (κ1) is 19.1. The molecule has 3 aliphatic heterocycles. The molecule has 4 atom stereocenters. The number of carbonyl (C=O) groups is 2. The van der Waals surface area contributed by atoms with E-state index in [0.29, 0.717) is 19.6 Å². The Hall–Kier alpha value is -2.86. The number of amides is 2. The van der Waals surface area contributed by atoms with E-state index in [-0.39, 0.29) is 17.9 Å². The standard InChI is InChI=1S/C24H26N2O4/c1-15-4-5-17(10-16(15)2)12-26-14-24-8-6-19(30-24)20(21(24)23(26)28)22(27)25(3)11-18-7-9-29-13-18/h4-10,13,19-21H,11-12,14H2,1-3H3/t19-,20?,21?,24-/m0/s1. The number of carbonyl (C=O) groups excluding carboxylic acids is 2. The van der Waals surface area contributed by atoms with Gasteiger partial charge in [-0.1, -0.05) is 30.4 Å².